The molecule has 0 spiro atoms. The maximum Gasteiger partial charge on any atom is 0.276 e. The zero-order chi connectivity index (χ0) is 24.5. The number of pyridine rings is 1. The summed E-state index contributed by atoms with van der Waals surface area (Å²) < 4.78 is 23.1. The Kier molecular flexibility index (Phi) is 7.58. The molecular weight excluding hydrogens is 496 g/mol. The number of thiazole rings is 1. The van der Waals surface area contributed by atoms with Gasteiger partial charge in [-0.3, -0.25) is 4.21 Å². The maximum atomic E-state index is 11.6. The molecule has 0 bridgehead atoms. The smallest absolute Gasteiger partial charge is 0.276 e. The Morgan fingerprint density at radius 3 is 2.22 bits per heavy atom. The Morgan fingerprint density at radius 2 is 1.58 bits per heavy atom. The van der Waals surface area contributed by atoms with E-state index in [9.17, 15) is 4.21 Å². The molecule has 0 fully saturated rings. The van der Waals surface area contributed by atoms with Crippen molar-refractivity contribution in [2.45, 2.75) is 37.7 Å². The highest BCUT2D eigenvalue weighted by atomic mass is 32.2. The molecule has 5 rings (SSSR count). The van der Waals surface area contributed by atoms with Crippen molar-refractivity contribution in [3.63, 3.8) is 0 Å². The van der Waals surface area contributed by atoms with Gasteiger partial charge >= 0.3 is 0 Å². The molecule has 10 heteroatoms. The minimum Gasteiger partial charge on any atom is -0.462 e. The maximum absolute atomic E-state index is 11.6. The van der Waals surface area contributed by atoms with Gasteiger partial charge in [0.25, 0.3) is 11.1 Å². The van der Waals surface area contributed by atoms with Gasteiger partial charge in [0.1, 0.15) is 16.5 Å². The summed E-state index contributed by atoms with van der Waals surface area (Å²) in [6, 6.07) is 19.4. The van der Waals surface area contributed by atoms with E-state index in [4.69, 9.17) is 14.2 Å². The van der Waals surface area contributed by atoms with Crippen molar-refractivity contribution < 1.29 is 18.9 Å². The topological polar surface area (TPSA) is 122 Å². The lowest BCUT2D eigenvalue weighted by molar-refractivity contribution is 0.226. The van der Waals surface area contributed by atoms with E-state index in [-0.39, 0.29) is 17.5 Å². The van der Waals surface area contributed by atoms with Gasteiger partial charge in [-0.2, -0.15) is 4.98 Å². The van der Waals surface area contributed by atoms with Gasteiger partial charge < -0.3 is 14.7 Å². The van der Waals surface area contributed by atoms with Gasteiger partial charge in [-0.25, -0.2) is 9.97 Å². The van der Waals surface area contributed by atoms with Gasteiger partial charge in [-0.15, -0.1) is 0 Å². The summed E-state index contributed by atoms with van der Waals surface area (Å²) in [5.74, 6) is 1.43. The molecule has 0 aliphatic rings. The lowest BCUT2D eigenvalue weighted by atomic mass is 10.1. The summed E-state index contributed by atoms with van der Waals surface area (Å²) in [7, 11) is -1.00. The first-order chi connectivity index (χ1) is 16.9. The molecule has 2 unspecified atom stereocenters. The highest BCUT2D eigenvalue weighted by molar-refractivity contribution is 7.84. The number of hydrogen-bond donors (Lipinski definition) is 0. The first-order valence-electron chi connectivity index (χ1n) is 11.2. The highest BCUT2D eigenvalue weighted by Crippen LogP contribution is 2.32. The second kappa shape index (κ2) is 10.7. The SMILES string of the molecule is CC(C)c1noc(-c2ccc(C(C)Oc3nc4ccc(-c5ccc(S(C)=O)cc5)nc4s3)cc2)n1.O. The number of nitrogens with zero attached hydrogens (tertiary/aromatic N) is 4. The average molecular weight is 523 g/mol. The minimum absolute atomic E-state index is 0. The molecule has 3 heterocycles. The van der Waals surface area contributed by atoms with Gasteiger partial charge in [0, 0.05) is 39.0 Å². The molecule has 0 saturated heterocycles. The van der Waals surface area contributed by atoms with Gasteiger partial charge in [-0.05, 0) is 48.9 Å². The lowest BCUT2D eigenvalue weighted by Gasteiger charge is -2.12. The van der Waals surface area contributed by atoms with E-state index >= 15 is 0 Å². The molecule has 186 valence electrons. The van der Waals surface area contributed by atoms with Crippen LogP contribution in [0.15, 0.2) is 70.1 Å². The Morgan fingerprint density at radius 1 is 0.889 bits per heavy atom. The number of hydrogen-bond acceptors (Lipinski definition) is 8. The quantitative estimate of drug-likeness (QED) is 0.273. The third kappa shape index (κ3) is 5.35. The lowest BCUT2D eigenvalue weighted by Crippen LogP contribution is -2.02. The van der Waals surface area contributed by atoms with E-state index in [2.05, 4.69) is 15.1 Å². The normalized spacial score (nSPS) is 12.9. The number of ether oxygens (including phenoxy) is 1. The fourth-order valence-electron chi connectivity index (χ4n) is 3.53. The third-order valence-corrected chi connectivity index (χ3v) is 7.37. The summed E-state index contributed by atoms with van der Waals surface area (Å²) in [6.07, 6.45) is 1.48. The summed E-state index contributed by atoms with van der Waals surface area (Å²) in [5.41, 5.74) is 4.48. The van der Waals surface area contributed by atoms with E-state index in [1.54, 1.807) is 6.26 Å². The molecule has 8 nitrogen and oxygen atoms in total. The molecule has 3 aromatic heterocycles. The van der Waals surface area contributed by atoms with E-state index in [1.165, 1.54) is 11.3 Å². The summed E-state index contributed by atoms with van der Waals surface area (Å²) in [6.45, 7) is 6.05. The van der Waals surface area contributed by atoms with Crippen molar-refractivity contribution in [2.75, 3.05) is 6.26 Å². The van der Waals surface area contributed by atoms with Crippen molar-refractivity contribution in [3.8, 4) is 27.9 Å². The van der Waals surface area contributed by atoms with E-state index < -0.39 is 10.8 Å². The number of fused-ring (bicyclic) bond motifs is 1. The molecule has 2 aromatic carbocycles. The Bertz CT molecular complexity index is 1490. The molecule has 5 aromatic rings. The van der Waals surface area contributed by atoms with Crippen molar-refractivity contribution in [2.24, 2.45) is 0 Å². The molecule has 0 aliphatic carbocycles. The van der Waals surface area contributed by atoms with Crippen LogP contribution in [0.2, 0.25) is 0 Å². The largest absolute Gasteiger partial charge is 0.462 e. The van der Waals surface area contributed by atoms with Crippen molar-refractivity contribution in [1.29, 1.82) is 0 Å². The first kappa shape index (κ1) is 25.6. The van der Waals surface area contributed by atoms with Crippen molar-refractivity contribution >= 4 is 32.5 Å². The number of benzene rings is 2. The zero-order valence-electron chi connectivity index (χ0n) is 20.3. The minimum atomic E-state index is -1.00. The van der Waals surface area contributed by atoms with Crippen LogP contribution in [0.1, 0.15) is 44.2 Å². The van der Waals surface area contributed by atoms with Crippen molar-refractivity contribution in [3.05, 3.63) is 72.1 Å². The summed E-state index contributed by atoms with van der Waals surface area (Å²) in [5, 5.41) is 4.59. The van der Waals surface area contributed by atoms with E-state index in [1.807, 2.05) is 81.4 Å². The van der Waals surface area contributed by atoms with Crippen LogP contribution in [-0.2, 0) is 10.8 Å². The molecule has 0 radical (unpaired) electrons. The number of rotatable bonds is 7. The summed E-state index contributed by atoms with van der Waals surface area (Å²) in [4.78, 5) is 15.4. The van der Waals surface area contributed by atoms with Crippen LogP contribution in [-0.4, -0.2) is 36.0 Å². The zero-order valence-corrected chi connectivity index (χ0v) is 21.9. The van der Waals surface area contributed by atoms with Gasteiger partial charge in [0.2, 0.25) is 0 Å². The van der Waals surface area contributed by atoms with E-state index in [0.717, 1.165) is 37.6 Å². The standard InChI is InChI=1S/C26H24N4O3S2.H2O/c1-15(2)23-29-24(33-30-23)19-7-5-17(6-8-19)16(3)32-26-28-22-14-13-21(27-25(22)34-26)18-9-11-20(12-10-18)35(4)31;/h5-16H,1-4H3;1H2. The second-order valence-corrected chi connectivity index (χ2v) is 10.8. The van der Waals surface area contributed by atoms with Crippen molar-refractivity contribution in [1.82, 2.24) is 20.1 Å². The molecule has 0 saturated carbocycles. The fourth-order valence-corrected chi connectivity index (χ4v) is 4.91. The van der Waals surface area contributed by atoms with Gasteiger partial charge in [0.05, 0.1) is 5.69 Å². The average Bonchev–Trinajstić information content (AvgIpc) is 3.51. The predicted octanol–water partition coefficient (Wildman–Crippen LogP) is 5.58. The summed E-state index contributed by atoms with van der Waals surface area (Å²) >= 11 is 1.42. The van der Waals surface area contributed by atoms with Gasteiger partial charge in [-0.1, -0.05) is 54.6 Å². The van der Waals surface area contributed by atoms with Crippen LogP contribution in [0.25, 0.3) is 33.1 Å². The molecule has 36 heavy (non-hydrogen) atoms. The second-order valence-electron chi connectivity index (χ2n) is 8.47. The monoisotopic (exact) mass is 522 g/mol. The van der Waals surface area contributed by atoms with Crippen LogP contribution >= 0.6 is 11.3 Å². The van der Waals surface area contributed by atoms with E-state index in [0.29, 0.717) is 16.9 Å². The van der Waals surface area contributed by atoms with Gasteiger partial charge in [0.15, 0.2) is 5.82 Å². The molecule has 2 N–H and O–H groups in total. The Balaban J connectivity index is 0.00000304. The highest BCUT2D eigenvalue weighted by Gasteiger charge is 2.15. The van der Waals surface area contributed by atoms with Crippen LogP contribution in [0.4, 0.5) is 0 Å². The van der Waals surface area contributed by atoms with Crippen LogP contribution < -0.4 is 4.74 Å². The van der Waals surface area contributed by atoms with Crippen LogP contribution in [0.3, 0.4) is 0 Å². The number of aromatic nitrogens is 4. The predicted molar refractivity (Wildman–Crippen MR) is 142 cm³/mol. The fraction of sp³-hybridized carbons (Fsp3) is 0.231. The molecule has 0 aliphatic heterocycles. The van der Waals surface area contributed by atoms with Crippen LogP contribution in [0.5, 0.6) is 5.19 Å². The Hall–Kier alpha value is -3.47. The van der Waals surface area contributed by atoms with Crippen LogP contribution in [0, 0.1) is 0 Å². The third-order valence-electron chi connectivity index (χ3n) is 5.58. The molecular formula is C26H26N4O4S2. The first-order valence-corrected chi connectivity index (χ1v) is 13.6. The molecule has 2 atom stereocenters. The molecule has 0 amide bonds. The Labute approximate surface area is 215 Å².